The first kappa shape index (κ1) is 30.6. The summed E-state index contributed by atoms with van der Waals surface area (Å²) in [5, 5.41) is 1.75. The van der Waals surface area contributed by atoms with Crippen LogP contribution in [0.25, 0.3) is 21.9 Å². The highest BCUT2D eigenvalue weighted by atomic mass is 79.9. The van der Waals surface area contributed by atoms with Crippen molar-refractivity contribution >= 4 is 60.1 Å². The Morgan fingerprint density at radius 2 is 1.36 bits per heavy atom. The van der Waals surface area contributed by atoms with Gasteiger partial charge in [0.15, 0.2) is 0 Å². The molecular weight excluding hydrogens is 692 g/mol. The van der Waals surface area contributed by atoms with E-state index < -0.39 is 0 Å². The molecule has 0 aromatic heterocycles. The van der Waals surface area contributed by atoms with E-state index in [-0.39, 0.29) is 17.2 Å². The van der Waals surface area contributed by atoms with Gasteiger partial charge in [-0.1, -0.05) is 88.7 Å². The standard InChI is InChI=1S/C38H38Br2N2O3/c1-2-3-4-5-16-38(32-23-25(39)10-12-27(32)28-13-11-26(40)24-33(28)38)17-7-18-42-36(43)30-9-6-8-29-34(41-19-21-45-22-20-41)15-14-31(35(29)30)37(42)44/h6,8-15,23-24H,2-5,7,16-22H2,1H3. The summed E-state index contributed by atoms with van der Waals surface area (Å²) in [6.07, 6.45) is 7.36. The average Bonchev–Trinajstić information content (AvgIpc) is 3.31. The predicted octanol–water partition coefficient (Wildman–Crippen LogP) is 9.51. The SMILES string of the molecule is CCCCCCC1(CCCN2C(=O)c3cccc4c(N5CCOCC5)ccc(c34)C2=O)c2cc(Br)ccc2-c2ccc(Br)cc21. The number of rotatable bonds is 10. The number of halogens is 2. The Morgan fingerprint density at radius 3 is 2.02 bits per heavy atom. The zero-order valence-corrected chi connectivity index (χ0v) is 28.9. The highest BCUT2D eigenvalue weighted by Crippen LogP contribution is 2.55. The highest BCUT2D eigenvalue weighted by Gasteiger charge is 2.43. The third kappa shape index (κ3) is 5.35. The molecule has 0 atom stereocenters. The third-order valence-electron chi connectivity index (χ3n) is 10.0. The number of morpholine rings is 1. The zero-order valence-electron chi connectivity index (χ0n) is 25.7. The molecule has 1 saturated heterocycles. The quantitative estimate of drug-likeness (QED) is 0.121. The fourth-order valence-corrected chi connectivity index (χ4v) is 8.63. The summed E-state index contributed by atoms with van der Waals surface area (Å²) in [6.45, 7) is 5.59. The lowest BCUT2D eigenvalue weighted by atomic mass is 9.71. The average molecular weight is 731 g/mol. The summed E-state index contributed by atoms with van der Waals surface area (Å²) in [5.74, 6) is -0.376. The van der Waals surface area contributed by atoms with E-state index >= 15 is 0 Å². The van der Waals surface area contributed by atoms with Crippen molar-refractivity contribution in [1.29, 1.82) is 0 Å². The van der Waals surface area contributed by atoms with Crippen LogP contribution in [0.4, 0.5) is 5.69 Å². The Bertz CT molecular complexity index is 1720. The van der Waals surface area contributed by atoms with E-state index in [2.05, 4.69) is 80.1 Å². The maximum Gasteiger partial charge on any atom is 0.261 e. The maximum atomic E-state index is 14.0. The minimum atomic E-state index is -0.188. The Kier molecular flexibility index (Phi) is 8.62. The molecule has 0 bridgehead atoms. The van der Waals surface area contributed by atoms with Gasteiger partial charge in [-0.15, -0.1) is 0 Å². The largest absolute Gasteiger partial charge is 0.378 e. The van der Waals surface area contributed by atoms with Crippen molar-refractivity contribution in [3.8, 4) is 11.1 Å². The molecule has 7 heteroatoms. The molecule has 1 aliphatic carbocycles. The number of carbonyl (C=O) groups excluding carboxylic acids is 2. The van der Waals surface area contributed by atoms with Gasteiger partial charge in [0, 0.05) is 61.6 Å². The summed E-state index contributed by atoms with van der Waals surface area (Å²) >= 11 is 7.52. The number of hydrogen-bond donors (Lipinski definition) is 0. The number of anilines is 1. The molecule has 7 rings (SSSR count). The van der Waals surface area contributed by atoms with Crippen molar-refractivity contribution in [3.05, 3.63) is 97.9 Å². The van der Waals surface area contributed by atoms with Gasteiger partial charge in [-0.25, -0.2) is 0 Å². The minimum Gasteiger partial charge on any atom is -0.378 e. The monoisotopic (exact) mass is 728 g/mol. The number of fused-ring (bicyclic) bond motifs is 3. The fourth-order valence-electron chi connectivity index (χ4n) is 7.91. The van der Waals surface area contributed by atoms with Gasteiger partial charge in [0.05, 0.1) is 13.2 Å². The molecule has 4 aromatic rings. The van der Waals surface area contributed by atoms with Gasteiger partial charge in [0.2, 0.25) is 0 Å². The van der Waals surface area contributed by atoms with Gasteiger partial charge in [-0.05, 0) is 84.0 Å². The first-order valence-electron chi connectivity index (χ1n) is 16.3. The summed E-state index contributed by atoms with van der Waals surface area (Å²) in [4.78, 5) is 31.8. The third-order valence-corrected chi connectivity index (χ3v) is 11.0. The van der Waals surface area contributed by atoms with Crippen LogP contribution in [0.1, 0.15) is 83.7 Å². The van der Waals surface area contributed by atoms with Crippen molar-refractivity contribution in [2.45, 2.75) is 57.3 Å². The molecule has 1 fully saturated rings. The molecule has 4 aromatic carbocycles. The molecule has 0 unspecified atom stereocenters. The van der Waals surface area contributed by atoms with Crippen molar-refractivity contribution < 1.29 is 14.3 Å². The van der Waals surface area contributed by atoms with Crippen LogP contribution in [0.2, 0.25) is 0 Å². The Balaban J connectivity index is 1.20. The number of ether oxygens (including phenoxy) is 1. The molecule has 0 spiro atoms. The summed E-state index contributed by atoms with van der Waals surface area (Å²) in [6, 6.07) is 23.2. The van der Waals surface area contributed by atoms with E-state index in [0.717, 1.165) is 64.2 Å². The molecule has 0 N–H and O–H groups in total. The van der Waals surface area contributed by atoms with Gasteiger partial charge in [0.1, 0.15) is 0 Å². The molecule has 2 aliphatic heterocycles. The van der Waals surface area contributed by atoms with E-state index in [1.807, 2.05) is 30.3 Å². The van der Waals surface area contributed by atoms with Gasteiger partial charge in [0.25, 0.3) is 11.8 Å². The topological polar surface area (TPSA) is 49.9 Å². The minimum absolute atomic E-state index is 0.182. The summed E-state index contributed by atoms with van der Waals surface area (Å²) in [7, 11) is 0. The molecular formula is C38H38Br2N2O3. The second kappa shape index (κ2) is 12.7. The van der Waals surface area contributed by atoms with E-state index in [1.54, 1.807) is 0 Å². The first-order chi connectivity index (χ1) is 21.9. The van der Waals surface area contributed by atoms with E-state index in [9.17, 15) is 9.59 Å². The van der Waals surface area contributed by atoms with Crippen molar-refractivity contribution in [2.75, 3.05) is 37.7 Å². The van der Waals surface area contributed by atoms with Crippen molar-refractivity contribution in [3.63, 3.8) is 0 Å². The number of carbonyl (C=O) groups is 2. The number of amides is 2. The normalized spacial score (nSPS) is 16.8. The highest BCUT2D eigenvalue weighted by molar-refractivity contribution is 9.10. The number of unbranched alkanes of at least 4 members (excludes halogenated alkanes) is 3. The molecule has 3 aliphatic rings. The molecule has 45 heavy (non-hydrogen) atoms. The Morgan fingerprint density at radius 1 is 0.733 bits per heavy atom. The second-order valence-electron chi connectivity index (χ2n) is 12.6. The van der Waals surface area contributed by atoms with Crippen LogP contribution in [-0.4, -0.2) is 49.6 Å². The molecule has 232 valence electrons. The molecule has 0 saturated carbocycles. The van der Waals surface area contributed by atoms with Crippen LogP contribution in [0.5, 0.6) is 0 Å². The van der Waals surface area contributed by atoms with Crippen LogP contribution in [0.15, 0.2) is 75.7 Å². The van der Waals surface area contributed by atoms with E-state index in [0.29, 0.717) is 30.9 Å². The lowest BCUT2D eigenvalue weighted by Gasteiger charge is -2.35. The molecule has 2 heterocycles. The second-order valence-corrected chi connectivity index (χ2v) is 14.4. The van der Waals surface area contributed by atoms with Gasteiger partial charge in [-0.2, -0.15) is 0 Å². The number of nitrogens with zero attached hydrogens (tertiary/aromatic N) is 2. The Labute approximate surface area is 282 Å². The fraction of sp³-hybridized carbons (Fsp3) is 0.368. The van der Waals surface area contributed by atoms with Crippen LogP contribution in [0.3, 0.4) is 0 Å². The zero-order chi connectivity index (χ0) is 31.1. The molecule has 5 nitrogen and oxygen atoms in total. The van der Waals surface area contributed by atoms with Crippen molar-refractivity contribution in [2.24, 2.45) is 0 Å². The summed E-state index contributed by atoms with van der Waals surface area (Å²) < 4.78 is 7.72. The summed E-state index contributed by atoms with van der Waals surface area (Å²) in [5.41, 5.74) is 7.41. The van der Waals surface area contributed by atoms with E-state index in [1.165, 1.54) is 46.4 Å². The van der Waals surface area contributed by atoms with Gasteiger partial charge in [-0.3, -0.25) is 14.5 Å². The lowest BCUT2D eigenvalue weighted by molar-refractivity contribution is 0.0605. The predicted molar refractivity (Wildman–Crippen MR) is 188 cm³/mol. The first-order valence-corrected chi connectivity index (χ1v) is 17.9. The number of hydrogen-bond acceptors (Lipinski definition) is 4. The van der Waals surface area contributed by atoms with E-state index in [4.69, 9.17) is 4.74 Å². The number of imide groups is 1. The van der Waals surface area contributed by atoms with Crippen molar-refractivity contribution in [1.82, 2.24) is 4.90 Å². The smallest absolute Gasteiger partial charge is 0.261 e. The number of benzene rings is 4. The van der Waals surface area contributed by atoms with Crippen LogP contribution >= 0.6 is 31.9 Å². The van der Waals surface area contributed by atoms with Crippen LogP contribution < -0.4 is 4.90 Å². The lowest BCUT2D eigenvalue weighted by Crippen LogP contribution is -2.42. The van der Waals surface area contributed by atoms with Crippen LogP contribution in [-0.2, 0) is 10.2 Å². The van der Waals surface area contributed by atoms with Gasteiger partial charge >= 0.3 is 0 Å². The van der Waals surface area contributed by atoms with Crippen LogP contribution in [0, 0.1) is 0 Å². The molecule has 2 amide bonds. The molecule has 0 radical (unpaired) electrons. The Hall–Kier alpha value is -3.00. The van der Waals surface area contributed by atoms with Gasteiger partial charge < -0.3 is 9.64 Å². The maximum absolute atomic E-state index is 14.0.